The number of carbonyl (C=O) groups is 3. The Balaban J connectivity index is 1.25. The van der Waals surface area contributed by atoms with Gasteiger partial charge in [0.25, 0.3) is 11.8 Å². The fourth-order valence-electron chi connectivity index (χ4n) is 4.16. The molecule has 2 heterocycles. The number of carbonyl (C=O) groups excluding carboxylic acids is 3. The predicted octanol–water partition coefficient (Wildman–Crippen LogP) is 4.08. The topological polar surface area (TPSA) is 103 Å². The van der Waals surface area contributed by atoms with E-state index in [4.69, 9.17) is 14.2 Å². The Hall–Kier alpha value is -3.85. The highest BCUT2D eigenvalue weighted by molar-refractivity contribution is 7.17. The van der Waals surface area contributed by atoms with Crippen LogP contribution >= 0.6 is 11.3 Å². The van der Waals surface area contributed by atoms with Crippen LogP contribution < -0.4 is 20.1 Å². The molecule has 1 aliphatic heterocycles. The van der Waals surface area contributed by atoms with Crippen molar-refractivity contribution in [2.24, 2.45) is 0 Å². The van der Waals surface area contributed by atoms with Crippen molar-refractivity contribution in [1.29, 1.82) is 0 Å². The number of esters is 1. The SMILES string of the molecule is O=C(COC(=O)c1ccc2c(c1)OCO2)Nc1sc2c(c1C(=O)NCc1ccccc1)CCCC2. The number of hydrogen-bond acceptors (Lipinski definition) is 7. The highest BCUT2D eigenvalue weighted by Gasteiger charge is 2.26. The molecule has 180 valence electrons. The third-order valence-electron chi connectivity index (χ3n) is 5.89. The van der Waals surface area contributed by atoms with E-state index in [-0.39, 0.29) is 18.3 Å². The summed E-state index contributed by atoms with van der Waals surface area (Å²) in [4.78, 5) is 39.3. The van der Waals surface area contributed by atoms with E-state index in [9.17, 15) is 14.4 Å². The van der Waals surface area contributed by atoms with Crippen LogP contribution in [0.1, 0.15) is 49.6 Å². The van der Waals surface area contributed by atoms with Crippen molar-refractivity contribution in [3.05, 3.63) is 75.7 Å². The van der Waals surface area contributed by atoms with Crippen LogP contribution in [0.4, 0.5) is 5.00 Å². The second kappa shape index (κ2) is 10.2. The molecule has 0 radical (unpaired) electrons. The highest BCUT2D eigenvalue weighted by Crippen LogP contribution is 2.38. The van der Waals surface area contributed by atoms with Gasteiger partial charge in [-0.25, -0.2) is 4.79 Å². The van der Waals surface area contributed by atoms with E-state index in [1.165, 1.54) is 17.4 Å². The van der Waals surface area contributed by atoms with Gasteiger partial charge in [-0.1, -0.05) is 30.3 Å². The maximum absolute atomic E-state index is 13.1. The number of rotatable bonds is 7. The summed E-state index contributed by atoms with van der Waals surface area (Å²) in [6.45, 7) is 0.0219. The highest BCUT2D eigenvalue weighted by atomic mass is 32.1. The van der Waals surface area contributed by atoms with Gasteiger partial charge in [-0.05, 0) is 55.0 Å². The first-order chi connectivity index (χ1) is 17.1. The number of ether oxygens (including phenoxy) is 3. The molecule has 2 amide bonds. The fraction of sp³-hybridized carbons (Fsp3) is 0.269. The minimum atomic E-state index is -0.648. The quantitative estimate of drug-likeness (QED) is 0.482. The number of thiophene rings is 1. The Labute approximate surface area is 206 Å². The van der Waals surface area contributed by atoms with Gasteiger partial charge >= 0.3 is 5.97 Å². The summed E-state index contributed by atoms with van der Waals surface area (Å²) in [5.41, 5.74) is 2.76. The zero-order valence-electron chi connectivity index (χ0n) is 18.9. The lowest BCUT2D eigenvalue weighted by atomic mass is 9.95. The van der Waals surface area contributed by atoms with Gasteiger partial charge < -0.3 is 24.8 Å². The standard InChI is InChI=1S/C26H24N2O6S/c29-22(14-32-26(31)17-10-11-19-20(12-17)34-15-33-19)28-25-23(18-8-4-5-9-21(18)35-25)24(30)27-13-16-6-2-1-3-7-16/h1-3,6-7,10-12H,4-5,8-9,13-15H2,(H,27,30)(H,28,29). The largest absolute Gasteiger partial charge is 0.454 e. The minimum Gasteiger partial charge on any atom is -0.454 e. The lowest BCUT2D eigenvalue weighted by Gasteiger charge is -2.13. The fourth-order valence-corrected chi connectivity index (χ4v) is 5.46. The van der Waals surface area contributed by atoms with E-state index in [0.29, 0.717) is 28.6 Å². The third-order valence-corrected chi connectivity index (χ3v) is 7.10. The van der Waals surface area contributed by atoms with Crippen molar-refractivity contribution >= 4 is 34.1 Å². The summed E-state index contributed by atoms with van der Waals surface area (Å²) in [7, 11) is 0. The van der Waals surface area contributed by atoms with Crippen LogP contribution in [-0.4, -0.2) is 31.2 Å². The Morgan fingerprint density at radius 1 is 0.971 bits per heavy atom. The van der Waals surface area contributed by atoms with Crippen LogP contribution in [0.25, 0.3) is 0 Å². The third kappa shape index (κ3) is 5.14. The second-order valence-corrected chi connectivity index (χ2v) is 9.38. The molecule has 9 heteroatoms. The average molecular weight is 493 g/mol. The number of anilines is 1. The van der Waals surface area contributed by atoms with Crippen molar-refractivity contribution in [3.8, 4) is 11.5 Å². The normalized spacial score (nSPS) is 13.6. The lowest BCUT2D eigenvalue weighted by molar-refractivity contribution is -0.119. The van der Waals surface area contributed by atoms with Crippen LogP contribution in [0.15, 0.2) is 48.5 Å². The molecule has 1 aromatic heterocycles. The molecule has 0 saturated carbocycles. The molecule has 1 aliphatic carbocycles. The van der Waals surface area contributed by atoms with E-state index >= 15 is 0 Å². The van der Waals surface area contributed by atoms with Gasteiger partial charge in [0.2, 0.25) is 6.79 Å². The van der Waals surface area contributed by atoms with E-state index in [1.807, 2.05) is 30.3 Å². The zero-order chi connectivity index (χ0) is 24.2. The number of amides is 2. The Morgan fingerprint density at radius 3 is 2.63 bits per heavy atom. The number of benzene rings is 2. The number of fused-ring (bicyclic) bond motifs is 2. The molecule has 0 unspecified atom stereocenters. The van der Waals surface area contributed by atoms with Crippen LogP contribution in [-0.2, 0) is 28.9 Å². The zero-order valence-corrected chi connectivity index (χ0v) is 19.7. The van der Waals surface area contributed by atoms with Crippen LogP contribution in [0.5, 0.6) is 11.5 Å². The molecule has 0 bridgehead atoms. The maximum Gasteiger partial charge on any atom is 0.338 e. The first-order valence-electron chi connectivity index (χ1n) is 11.4. The van der Waals surface area contributed by atoms with E-state index < -0.39 is 18.5 Å². The van der Waals surface area contributed by atoms with Crippen molar-refractivity contribution < 1.29 is 28.6 Å². The molecule has 0 spiro atoms. The molecule has 0 atom stereocenters. The van der Waals surface area contributed by atoms with Gasteiger partial charge in [0.1, 0.15) is 5.00 Å². The first kappa shape index (κ1) is 22.9. The molecule has 8 nitrogen and oxygen atoms in total. The van der Waals surface area contributed by atoms with Crippen LogP contribution in [0.2, 0.25) is 0 Å². The summed E-state index contributed by atoms with van der Waals surface area (Å²) < 4.78 is 15.7. The Bertz CT molecular complexity index is 1270. The van der Waals surface area contributed by atoms with Crippen LogP contribution in [0, 0.1) is 0 Å². The van der Waals surface area contributed by atoms with Gasteiger partial charge in [0.05, 0.1) is 11.1 Å². The van der Waals surface area contributed by atoms with Gasteiger partial charge in [-0.2, -0.15) is 0 Å². The number of aryl methyl sites for hydroxylation is 1. The summed E-state index contributed by atoms with van der Waals surface area (Å²) >= 11 is 1.42. The molecule has 0 saturated heterocycles. The molecule has 2 aromatic carbocycles. The molecule has 35 heavy (non-hydrogen) atoms. The monoisotopic (exact) mass is 492 g/mol. The molecule has 3 aromatic rings. The summed E-state index contributed by atoms with van der Waals surface area (Å²) in [6, 6.07) is 14.3. The second-order valence-electron chi connectivity index (χ2n) is 8.28. The average Bonchev–Trinajstić information content (AvgIpc) is 3.50. The summed E-state index contributed by atoms with van der Waals surface area (Å²) in [5.74, 6) is -0.362. The number of hydrogen-bond donors (Lipinski definition) is 2. The predicted molar refractivity (Wildman–Crippen MR) is 130 cm³/mol. The van der Waals surface area contributed by atoms with Gasteiger partial charge in [0, 0.05) is 11.4 Å². The van der Waals surface area contributed by atoms with E-state index in [1.54, 1.807) is 12.1 Å². The Morgan fingerprint density at radius 2 is 1.77 bits per heavy atom. The molecule has 2 N–H and O–H groups in total. The van der Waals surface area contributed by atoms with Crippen molar-refractivity contribution in [2.75, 3.05) is 18.7 Å². The number of nitrogens with one attached hydrogen (secondary N) is 2. The van der Waals surface area contributed by atoms with Crippen molar-refractivity contribution in [1.82, 2.24) is 5.32 Å². The molecule has 2 aliphatic rings. The molecule has 5 rings (SSSR count). The van der Waals surface area contributed by atoms with Crippen molar-refractivity contribution in [3.63, 3.8) is 0 Å². The molecular formula is C26H24N2O6S. The van der Waals surface area contributed by atoms with E-state index in [0.717, 1.165) is 41.7 Å². The summed E-state index contributed by atoms with van der Waals surface area (Å²) in [6.07, 6.45) is 3.74. The van der Waals surface area contributed by atoms with Gasteiger partial charge in [-0.15, -0.1) is 11.3 Å². The first-order valence-corrected chi connectivity index (χ1v) is 12.2. The lowest BCUT2D eigenvalue weighted by Crippen LogP contribution is -2.26. The summed E-state index contributed by atoms with van der Waals surface area (Å²) in [5, 5.41) is 6.25. The molecule has 0 fully saturated rings. The van der Waals surface area contributed by atoms with Gasteiger partial charge in [-0.3, -0.25) is 9.59 Å². The van der Waals surface area contributed by atoms with E-state index in [2.05, 4.69) is 10.6 Å². The van der Waals surface area contributed by atoms with Gasteiger partial charge in [0.15, 0.2) is 18.1 Å². The van der Waals surface area contributed by atoms with Crippen molar-refractivity contribution in [2.45, 2.75) is 32.2 Å². The minimum absolute atomic E-state index is 0.0995. The maximum atomic E-state index is 13.1. The smallest absolute Gasteiger partial charge is 0.338 e. The Kier molecular flexibility index (Phi) is 6.67. The van der Waals surface area contributed by atoms with Crippen LogP contribution in [0.3, 0.4) is 0 Å². The molecular weight excluding hydrogens is 468 g/mol.